The van der Waals surface area contributed by atoms with Crippen molar-refractivity contribution in [2.75, 3.05) is 20.7 Å². The van der Waals surface area contributed by atoms with Gasteiger partial charge in [0.2, 0.25) is 0 Å². The van der Waals surface area contributed by atoms with E-state index < -0.39 is 0 Å². The standard InChI is InChI=1S/C18H19NO3.BrH/c1-19-8-7-18-11-4-5-13(20)17(18)22-16-14(21-2)6-3-10(15(16)18)9-12(11)19;/h3-6,11-12,17H,7-9H2,1-2H3;1H/t11-,12+,17-,18-;/m0./s1. The zero-order chi connectivity index (χ0) is 15.1. The van der Waals surface area contributed by atoms with Gasteiger partial charge in [-0.25, -0.2) is 0 Å². The Balaban J connectivity index is 0.00000135. The van der Waals surface area contributed by atoms with Crippen LogP contribution in [0.3, 0.4) is 0 Å². The summed E-state index contributed by atoms with van der Waals surface area (Å²) < 4.78 is 11.7. The van der Waals surface area contributed by atoms with Gasteiger partial charge >= 0.3 is 0 Å². The van der Waals surface area contributed by atoms with Crippen molar-refractivity contribution < 1.29 is 14.3 Å². The minimum Gasteiger partial charge on any atom is -0.493 e. The highest BCUT2D eigenvalue weighted by Crippen LogP contribution is 2.61. The Labute approximate surface area is 146 Å². The Kier molecular flexibility index (Phi) is 3.20. The van der Waals surface area contributed by atoms with Crippen molar-refractivity contribution in [1.29, 1.82) is 0 Å². The molecule has 23 heavy (non-hydrogen) atoms. The van der Waals surface area contributed by atoms with Crippen LogP contribution in [0.5, 0.6) is 11.5 Å². The number of carbonyl (C=O) groups is 1. The second kappa shape index (κ2) is 4.84. The van der Waals surface area contributed by atoms with Crippen molar-refractivity contribution in [1.82, 2.24) is 4.90 Å². The molecule has 0 N–H and O–H groups in total. The van der Waals surface area contributed by atoms with Gasteiger partial charge < -0.3 is 14.4 Å². The van der Waals surface area contributed by atoms with Gasteiger partial charge in [0.25, 0.3) is 0 Å². The van der Waals surface area contributed by atoms with Gasteiger partial charge in [0.1, 0.15) is 0 Å². The van der Waals surface area contributed by atoms with Gasteiger partial charge in [0.05, 0.1) is 12.5 Å². The number of methoxy groups -OCH3 is 1. The third-order valence-corrected chi connectivity index (χ3v) is 6.21. The van der Waals surface area contributed by atoms with Crippen molar-refractivity contribution in [2.24, 2.45) is 5.92 Å². The van der Waals surface area contributed by atoms with E-state index in [9.17, 15) is 4.79 Å². The van der Waals surface area contributed by atoms with Crippen LogP contribution in [-0.4, -0.2) is 43.5 Å². The highest BCUT2D eigenvalue weighted by Gasteiger charge is 2.64. The molecule has 2 heterocycles. The molecule has 0 unspecified atom stereocenters. The molecule has 4 nitrogen and oxygen atoms in total. The maximum atomic E-state index is 12.5. The molecule has 0 aromatic heterocycles. The minimum atomic E-state index is -0.371. The maximum absolute atomic E-state index is 12.5. The molecule has 2 aliphatic heterocycles. The van der Waals surface area contributed by atoms with Crippen LogP contribution in [0.25, 0.3) is 0 Å². The lowest BCUT2D eigenvalue weighted by Crippen LogP contribution is -2.64. The molecule has 5 rings (SSSR count). The fourth-order valence-electron chi connectivity index (χ4n) is 5.23. The maximum Gasteiger partial charge on any atom is 0.196 e. The Morgan fingerprint density at radius 1 is 1.39 bits per heavy atom. The molecule has 0 radical (unpaired) electrons. The summed E-state index contributed by atoms with van der Waals surface area (Å²) in [5, 5.41) is 0. The Bertz CT molecular complexity index is 731. The Morgan fingerprint density at radius 2 is 2.22 bits per heavy atom. The summed E-state index contributed by atoms with van der Waals surface area (Å²) >= 11 is 0. The molecule has 1 spiro atoms. The summed E-state index contributed by atoms with van der Waals surface area (Å²) in [6, 6.07) is 4.60. The SMILES string of the molecule is Br.COc1ccc2c3c1O[C@H]1C(=O)C=C[C@H]4[C@@H](C2)N(C)CC[C@]314. The lowest BCUT2D eigenvalue weighted by molar-refractivity contribution is -0.127. The molecule has 1 fully saturated rings. The Hall–Kier alpha value is -1.33. The molecule has 1 aromatic carbocycles. The molecule has 2 bridgehead atoms. The predicted octanol–water partition coefficient (Wildman–Crippen LogP) is 2.29. The van der Waals surface area contributed by atoms with E-state index in [1.807, 2.05) is 6.07 Å². The van der Waals surface area contributed by atoms with Gasteiger partial charge in [-0.1, -0.05) is 12.1 Å². The minimum absolute atomic E-state index is 0. The first-order valence-electron chi connectivity index (χ1n) is 7.96. The molecule has 0 saturated carbocycles. The number of piperidine rings is 1. The van der Waals surface area contributed by atoms with Crippen molar-refractivity contribution in [3.05, 3.63) is 35.4 Å². The molecule has 1 aromatic rings. The van der Waals surface area contributed by atoms with Gasteiger partial charge in [0, 0.05) is 17.5 Å². The number of hydrogen-bond donors (Lipinski definition) is 0. The van der Waals surface area contributed by atoms with Gasteiger partial charge in [-0.2, -0.15) is 0 Å². The number of halogens is 1. The lowest BCUT2D eigenvalue weighted by atomic mass is 9.53. The number of benzene rings is 1. The highest BCUT2D eigenvalue weighted by atomic mass is 79.9. The summed E-state index contributed by atoms with van der Waals surface area (Å²) in [6.07, 6.45) is 5.50. The predicted molar refractivity (Wildman–Crippen MR) is 91.8 cm³/mol. The van der Waals surface area contributed by atoms with Gasteiger partial charge in [-0.3, -0.25) is 4.79 Å². The molecule has 0 amide bonds. The van der Waals surface area contributed by atoms with Crippen LogP contribution in [0.4, 0.5) is 0 Å². The molecular weight excluding hydrogens is 358 g/mol. The monoisotopic (exact) mass is 377 g/mol. The van der Waals surface area contributed by atoms with Crippen LogP contribution in [-0.2, 0) is 16.6 Å². The number of ketones is 1. The molecular formula is C18H20BrNO3. The summed E-state index contributed by atoms with van der Waals surface area (Å²) in [6.45, 7) is 1.01. The van der Waals surface area contributed by atoms with Crippen molar-refractivity contribution in [3.63, 3.8) is 0 Å². The second-order valence-corrected chi connectivity index (χ2v) is 6.96. The van der Waals surface area contributed by atoms with E-state index in [0.29, 0.717) is 12.0 Å². The zero-order valence-corrected chi connectivity index (χ0v) is 15.0. The third kappa shape index (κ3) is 1.62. The first-order chi connectivity index (χ1) is 10.7. The number of likely N-dealkylation sites (tertiary alicyclic amines) is 1. The van der Waals surface area contributed by atoms with E-state index in [1.165, 1.54) is 11.1 Å². The van der Waals surface area contributed by atoms with E-state index in [1.54, 1.807) is 13.2 Å². The number of carbonyl (C=O) groups excluding carboxylic acids is 1. The number of likely N-dealkylation sites (N-methyl/N-ethyl adjacent to an activating group) is 1. The van der Waals surface area contributed by atoms with Crippen LogP contribution >= 0.6 is 17.0 Å². The van der Waals surface area contributed by atoms with Crippen molar-refractivity contribution in [3.8, 4) is 11.5 Å². The fraction of sp³-hybridized carbons (Fsp3) is 0.500. The average molecular weight is 378 g/mol. The quantitative estimate of drug-likeness (QED) is 0.752. The number of hydrogen-bond acceptors (Lipinski definition) is 4. The summed E-state index contributed by atoms with van der Waals surface area (Å²) in [7, 11) is 3.86. The van der Waals surface area contributed by atoms with E-state index in [2.05, 4.69) is 24.1 Å². The fourth-order valence-corrected chi connectivity index (χ4v) is 5.23. The number of nitrogens with zero attached hydrogens (tertiary/aromatic N) is 1. The van der Waals surface area contributed by atoms with Crippen LogP contribution in [0.15, 0.2) is 24.3 Å². The number of ether oxygens (including phenoxy) is 2. The van der Waals surface area contributed by atoms with E-state index >= 15 is 0 Å². The highest BCUT2D eigenvalue weighted by molar-refractivity contribution is 8.93. The van der Waals surface area contributed by atoms with E-state index in [4.69, 9.17) is 9.47 Å². The van der Waals surface area contributed by atoms with E-state index in [0.717, 1.165) is 30.9 Å². The van der Waals surface area contributed by atoms with Crippen LogP contribution in [0.1, 0.15) is 17.5 Å². The topological polar surface area (TPSA) is 38.8 Å². The molecule has 1 saturated heterocycles. The molecule has 2 aliphatic carbocycles. The summed E-state index contributed by atoms with van der Waals surface area (Å²) in [5.74, 6) is 2.03. The van der Waals surface area contributed by atoms with Gasteiger partial charge in [0.15, 0.2) is 23.4 Å². The second-order valence-electron chi connectivity index (χ2n) is 6.96. The number of rotatable bonds is 1. The van der Waals surface area contributed by atoms with Gasteiger partial charge in [-0.15, -0.1) is 17.0 Å². The molecule has 4 atom stereocenters. The first kappa shape index (κ1) is 15.2. The zero-order valence-electron chi connectivity index (χ0n) is 13.2. The lowest BCUT2D eigenvalue weighted by Gasteiger charge is -2.55. The molecule has 122 valence electrons. The van der Waals surface area contributed by atoms with Crippen LogP contribution in [0, 0.1) is 5.92 Å². The largest absolute Gasteiger partial charge is 0.493 e. The van der Waals surface area contributed by atoms with E-state index in [-0.39, 0.29) is 34.3 Å². The van der Waals surface area contributed by atoms with Crippen molar-refractivity contribution >= 4 is 22.8 Å². The average Bonchev–Trinajstić information content (AvgIpc) is 2.88. The van der Waals surface area contributed by atoms with Gasteiger partial charge in [-0.05, 0) is 44.1 Å². The summed E-state index contributed by atoms with van der Waals surface area (Å²) in [4.78, 5) is 15.0. The normalized spacial score (nSPS) is 36.1. The van der Waals surface area contributed by atoms with Crippen LogP contribution in [0.2, 0.25) is 0 Å². The Morgan fingerprint density at radius 3 is 3.00 bits per heavy atom. The van der Waals surface area contributed by atoms with Crippen LogP contribution < -0.4 is 9.47 Å². The molecule has 4 aliphatic rings. The molecule has 5 heteroatoms. The van der Waals surface area contributed by atoms with Crippen molar-refractivity contribution in [2.45, 2.75) is 30.4 Å². The summed E-state index contributed by atoms with van der Waals surface area (Å²) in [5.41, 5.74) is 2.40. The first-order valence-corrected chi connectivity index (χ1v) is 7.96. The smallest absolute Gasteiger partial charge is 0.196 e. The third-order valence-electron chi connectivity index (χ3n) is 6.21.